The van der Waals surface area contributed by atoms with Gasteiger partial charge in [-0.05, 0) is 24.1 Å². The van der Waals surface area contributed by atoms with Gasteiger partial charge >= 0.3 is 6.09 Å². The van der Waals surface area contributed by atoms with Gasteiger partial charge in [0.1, 0.15) is 12.4 Å². The first-order valence-corrected chi connectivity index (χ1v) is 5.45. The molecule has 1 aliphatic rings. The summed E-state index contributed by atoms with van der Waals surface area (Å²) in [5.74, 6) is 0.834. The van der Waals surface area contributed by atoms with Crippen LogP contribution in [-0.4, -0.2) is 19.3 Å². The summed E-state index contributed by atoms with van der Waals surface area (Å²) in [5.41, 5.74) is 1.01. The van der Waals surface area contributed by atoms with Crippen LogP contribution in [0.4, 0.5) is 4.79 Å². The van der Waals surface area contributed by atoms with Gasteiger partial charge in [-0.25, -0.2) is 4.79 Å². The summed E-state index contributed by atoms with van der Waals surface area (Å²) in [4.78, 5) is 10.9. The molecule has 0 saturated carbocycles. The third kappa shape index (κ3) is 2.45. The van der Waals surface area contributed by atoms with Crippen LogP contribution in [-0.2, 0) is 4.74 Å². The van der Waals surface area contributed by atoms with Gasteiger partial charge in [-0.2, -0.15) is 0 Å². The van der Waals surface area contributed by atoms with Crippen LogP contribution in [0, 0.1) is 0 Å². The average Bonchev–Trinajstić information content (AvgIpc) is 2.74. The number of carbonyl (C=O) groups excluding carboxylic acids is 1. The molecule has 1 aromatic rings. The second-order valence-electron chi connectivity index (χ2n) is 3.72. The second kappa shape index (κ2) is 4.88. The van der Waals surface area contributed by atoms with Crippen LogP contribution in [0.5, 0.6) is 5.75 Å². The largest absolute Gasteiger partial charge is 0.494 e. The van der Waals surface area contributed by atoms with Gasteiger partial charge in [0.25, 0.3) is 0 Å². The van der Waals surface area contributed by atoms with E-state index in [2.05, 4.69) is 12.2 Å². The van der Waals surface area contributed by atoms with Gasteiger partial charge in [-0.1, -0.05) is 19.1 Å². The number of hydrogen-bond acceptors (Lipinski definition) is 3. The number of nitrogens with one attached hydrogen (secondary N) is 1. The molecule has 1 aliphatic heterocycles. The van der Waals surface area contributed by atoms with E-state index in [-0.39, 0.29) is 12.1 Å². The molecule has 4 heteroatoms. The van der Waals surface area contributed by atoms with Gasteiger partial charge in [0.15, 0.2) is 0 Å². The van der Waals surface area contributed by atoms with E-state index >= 15 is 0 Å². The van der Waals surface area contributed by atoms with Crippen molar-refractivity contribution in [1.82, 2.24) is 5.32 Å². The summed E-state index contributed by atoms with van der Waals surface area (Å²) < 4.78 is 10.4. The molecule has 1 aromatic carbocycles. The minimum atomic E-state index is -0.357. The molecule has 0 aliphatic carbocycles. The summed E-state index contributed by atoms with van der Waals surface area (Å²) >= 11 is 0. The number of ether oxygens (including phenoxy) is 2. The van der Waals surface area contributed by atoms with E-state index < -0.39 is 0 Å². The van der Waals surface area contributed by atoms with Gasteiger partial charge in [0, 0.05) is 0 Å². The quantitative estimate of drug-likeness (QED) is 0.848. The van der Waals surface area contributed by atoms with E-state index in [1.807, 2.05) is 24.3 Å². The lowest BCUT2D eigenvalue weighted by molar-refractivity contribution is 0.177. The van der Waals surface area contributed by atoms with E-state index in [0.717, 1.165) is 17.7 Å². The molecule has 4 nitrogen and oxygen atoms in total. The zero-order chi connectivity index (χ0) is 11.4. The summed E-state index contributed by atoms with van der Waals surface area (Å²) in [7, 11) is 0. The molecule has 1 unspecified atom stereocenters. The van der Waals surface area contributed by atoms with E-state index in [0.29, 0.717) is 13.2 Å². The highest BCUT2D eigenvalue weighted by molar-refractivity contribution is 5.70. The van der Waals surface area contributed by atoms with Crippen molar-refractivity contribution < 1.29 is 14.3 Å². The zero-order valence-corrected chi connectivity index (χ0v) is 9.23. The van der Waals surface area contributed by atoms with Crippen molar-refractivity contribution in [2.75, 3.05) is 13.2 Å². The fourth-order valence-corrected chi connectivity index (χ4v) is 1.61. The van der Waals surface area contributed by atoms with Crippen LogP contribution in [0.1, 0.15) is 24.9 Å². The van der Waals surface area contributed by atoms with E-state index in [4.69, 9.17) is 9.47 Å². The van der Waals surface area contributed by atoms with Crippen molar-refractivity contribution in [3.05, 3.63) is 29.8 Å². The van der Waals surface area contributed by atoms with Crippen LogP contribution in [0.25, 0.3) is 0 Å². The minimum absolute atomic E-state index is 0.0577. The first kappa shape index (κ1) is 10.8. The number of cyclic esters (lactones) is 1. The summed E-state index contributed by atoms with van der Waals surface area (Å²) in [6, 6.07) is 7.67. The van der Waals surface area contributed by atoms with Crippen molar-refractivity contribution in [2.24, 2.45) is 0 Å². The molecule has 16 heavy (non-hydrogen) atoms. The molecular formula is C12H15NO3. The van der Waals surface area contributed by atoms with E-state index in [1.54, 1.807) is 0 Å². The van der Waals surface area contributed by atoms with Gasteiger partial charge < -0.3 is 14.8 Å². The minimum Gasteiger partial charge on any atom is -0.494 e. The smallest absolute Gasteiger partial charge is 0.407 e. The van der Waals surface area contributed by atoms with Gasteiger partial charge in [0.2, 0.25) is 0 Å². The number of benzene rings is 1. The predicted molar refractivity (Wildman–Crippen MR) is 59.5 cm³/mol. The summed E-state index contributed by atoms with van der Waals surface area (Å²) in [5, 5.41) is 2.74. The Morgan fingerprint density at radius 2 is 2.44 bits per heavy atom. The molecule has 1 saturated heterocycles. The highest BCUT2D eigenvalue weighted by atomic mass is 16.6. The van der Waals surface area contributed by atoms with E-state index in [1.165, 1.54) is 0 Å². The maximum absolute atomic E-state index is 10.9. The Kier molecular flexibility index (Phi) is 3.29. The molecule has 1 heterocycles. The highest BCUT2D eigenvalue weighted by Crippen LogP contribution is 2.22. The third-order valence-electron chi connectivity index (χ3n) is 2.41. The molecule has 0 bridgehead atoms. The summed E-state index contributed by atoms with van der Waals surface area (Å²) in [6.45, 7) is 3.15. The zero-order valence-electron chi connectivity index (χ0n) is 9.23. The maximum atomic E-state index is 10.9. The predicted octanol–water partition coefficient (Wildman–Crippen LogP) is 2.26. The SMILES string of the molecule is CCCOc1cccc(C2COC(=O)N2)c1. The number of rotatable bonds is 4. The summed E-state index contributed by atoms with van der Waals surface area (Å²) in [6.07, 6.45) is 0.623. The Bertz CT molecular complexity index is 378. The Morgan fingerprint density at radius 3 is 3.12 bits per heavy atom. The molecule has 1 N–H and O–H groups in total. The monoisotopic (exact) mass is 221 g/mol. The standard InChI is InChI=1S/C12H15NO3/c1-2-6-15-10-5-3-4-9(7-10)11-8-16-12(14)13-11/h3-5,7,11H,2,6,8H2,1H3,(H,13,14). The first-order valence-electron chi connectivity index (χ1n) is 5.45. The molecule has 0 radical (unpaired) electrons. The van der Waals surface area contributed by atoms with Crippen molar-refractivity contribution in [1.29, 1.82) is 0 Å². The molecule has 0 aromatic heterocycles. The van der Waals surface area contributed by atoms with Gasteiger partial charge in [-0.3, -0.25) is 0 Å². The van der Waals surface area contributed by atoms with Crippen molar-refractivity contribution in [3.8, 4) is 5.75 Å². The van der Waals surface area contributed by atoms with Crippen LogP contribution in [0.15, 0.2) is 24.3 Å². The number of alkyl carbamates (subject to hydrolysis) is 1. The molecule has 1 atom stereocenters. The van der Waals surface area contributed by atoms with Crippen molar-refractivity contribution in [2.45, 2.75) is 19.4 Å². The number of hydrogen-bond donors (Lipinski definition) is 1. The van der Waals surface area contributed by atoms with Crippen LogP contribution in [0.3, 0.4) is 0 Å². The number of amides is 1. The van der Waals surface area contributed by atoms with Gasteiger partial charge in [0.05, 0.1) is 12.6 Å². The van der Waals surface area contributed by atoms with Gasteiger partial charge in [-0.15, -0.1) is 0 Å². The molecule has 1 amide bonds. The maximum Gasteiger partial charge on any atom is 0.407 e. The van der Waals surface area contributed by atoms with Crippen LogP contribution >= 0.6 is 0 Å². The number of carbonyl (C=O) groups is 1. The molecule has 1 fully saturated rings. The highest BCUT2D eigenvalue weighted by Gasteiger charge is 2.23. The van der Waals surface area contributed by atoms with Crippen molar-refractivity contribution >= 4 is 6.09 Å². The van der Waals surface area contributed by atoms with Crippen LogP contribution < -0.4 is 10.1 Å². The Balaban J connectivity index is 2.06. The average molecular weight is 221 g/mol. The molecule has 86 valence electrons. The Labute approximate surface area is 94.6 Å². The fraction of sp³-hybridized carbons (Fsp3) is 0.417. The lowest BCUT2D eigenvalue weighted by atomic mass is 10.1. The van der Waals surface area contributed by atoms with E-state index in [9.17, 15) is 4.79 Å². The molecule has 2 rings (SSSR count). The van der Waals surface area contributed by atoms with Crippen LogP contribution in [0.2, 0.25) is 0 Å². The Hall–Kier alpha value is -1.71. The topological polar surface area (TPSA) is 47.6 Å². The molecule has 0 spiro atoms. The van der Waals surface area contributed by atoms with Crippen molar-refractivity contribution in [3.63, 3.8) is 0 Å². The lowest BCUT2D eigenvalue weighted by Crippen LogP contribution is -2.18. The normalized spacial score (nSPS) is 19.1. The first-order chi connectivity index (χ1) is 7.79. The molecular weight excluding hydrogens is 206 g/mol. The third-order valence-corrected chi connectivity index (χ3v) is 2.41. The second-order valence-corrected chi connectivity index (χ2v) is 3.72. The Morgan fingerprint density at radius 1 is 1.56 bits per heavy atom. The lowest BCUT2D eigenvalue weighted by Gasteiger charge is -2.10. The fourth-order valence-electron chi connectivity index (χ4n) is 1.61.